The highest BCUT2D eigenvalue weighted by atomic mass is 32.3. The van der Waals surface area contributed by atoms with E-state index in [9.17, 15) is 23.5 Å². The van der Waals surface area contributed by atoms with Crippen molar-refractivity contribution in [1.29, 1.82) is 0 Å². The van der Waals surface area contributed by atoms with Crippen molar-refractivity contribution in [1.82, 2.24) is 4.72 Å². The molecule has 2 N–H and O–H groups in total. The smallest absolute Gasteiger partial charge is 0.387 e. The van der Waals surface area contributed by atoms with Gasteiger partial charge in [0.15, 0.2) is 5.60 Å². The minimum absolute atomic E-state index is 0.132. The predicted molar refractivity (Wildman–Crippen MR) is 133 cm³/mol. The number of aliphatic hydroxyl groups is 1. The Morgan fingerprint density at radius 1 is 1.19 bits per heavy atom. The number of fused-ring (bicyclic) bond motifs is 1. The van der Waals surface area contributed by atoms with Gasteiger partial charge in [0, 0.05) is 39.4 Å². The number of amides is 2. The normalized spacial score (nSPS) is 23.8. The molecule has 2 unspecified atom stereocenters. The standard InChI is InChI=1S/C20H18F2N2O6S.C4H4S/c1-20(27)15-10-12(17(25)23-31(2)9-8-28-30-31)6-7-16(15)24(18(20)26)13-4-3-5-14(11-13)29-19(21)22;1-2-4-5-3-1/h3-11,19,27H,1-2H3,(H,23,25);1-4H. The Bertz CT molecular complexity index is 1270. The number of halogens is 2. The van der Waals surface area contributed by atoms with E-state index in [0.29, 0.717) is 5.69 Å². The van der Waals surface area contributed by atoms with Crippen LogP contribution in [0, 0.1) is 0 Å². The second kappa shape index (κ2) is 10.3. The maximum absolute atomic E-state index is 13.0. The molecule has 0 saturated carbocycles. The van der Waals surface area contributed by atoms with Crippen molar-refractivity contribution in [3.05, 3.63) is 88.2 Å². The van der Waals surface area contributed by atoms with Gasteiger partial charge in [-0.05, 0) is 48.0 Å². The highest BCUT2D eigenvalue weighted by molar-refractivity contribution is 8.30. The van der Waals surface area contributed by atoms with E-state index in [4.69, 9.17) is 9.22 Å². The summed E-state index contributed by atoms with van der Waals surface area (Å²) in [6, 6.07) is 14.0. The molecule has 8 nitrogen and oxygen atoms in total. The zero-order valence-corrected chi connectivity index (χ0v) is 20.7. The van der Waals surface area contributed by atoms with Crippen LogP contribution in [0.3, 0.4) is 0 Å². The molecule has 0 radical (unpaired) electrons. The van der Waals surface area contributed by atoms with E-state index in [-0.39, 0.29) is 22.6 Å². The van der Waals surface area contributed by atoms with Crippen LogP contribution in [0.25, 0.3) is 0 Å². The molecule has 5 rings (SSSR count). The zero-order chi connectivity index (χ0) is 25.9. The minimum atomic E-state index is -3.02. The number of anilines is 2. The number of carbonyl (C=O) groups is 2. The zero-order valence-electron chi connectivity index (χ0n) is 19.1. The highest BCUT2D eigenvalue weighted by Crippen LogP contribution is 2.48. The fourth-order valence-electron chi connectivity index (χ4n) is 3.54. The van der Waals surface area contributed by atoms with E-state index in [1.54, 1.807) is 23.0 Å². The van der Waals surface area contributed by atoms with Crippen molar-refractivity contribution in [3.8, 4) is 5.75 Å². The number of alkyl halides is 2. The van der Waals surface area contributed by atoms with Crippen LogP contribution in [0.4, 0.5) is 20.2 Å². The van der Waals surface area contributed by atoms with Gasteiger partial charge in [-0.2, -0.15) is 20.1 Å². The third kappa shape index (κ3) is 5.36. The van der Waals surface area contributed by atoms with Gasteiger partial charge in [0.05, 0.1) is 11.4 Å². The van der Waals surface area contributed by atoms with Gasteiger partial charge in [-0.1, -0.05) is 18.2 Å². The highest BCUT2D eigenvalue weighted by Gasteiger charge is 2.47. The van der Waals surface area contributed by atoms with Crippen molar-refractivity contribution in [2.75, 3.05) is 11.2 Å². The summed E-state index contributed by atoms with van der Waals surface area (Å²) in [5.74, 6) is -1.31. The monoisotopic (exact) mass is 536 g/mol. The summed E-state index contributed by atoms with van der Waals surface area (Å²) in [6.07, 6.45) is 2.99. The van der Waals surface area contributed by atoms with Crippen molar-refractivity contribution >= 4 is 45.0 Å². The molecule has 2 aromatic carbocycles. The Balaban J connectivity index is 0.000000543. The number of rotatable bonds is 5. The van der Waals surface area contributed by atoms with E-state index in [1.165, 1.54) is 60.6 Å². The van der Waals surface area contributed by atoms with Gasteiger partial charge in [0.1, 0.15) is 12.0 Å². The molecule has 2 amide bonds. The van der Waals surface area contributed by atoms with E-state index in [1.807, 2.05) is 22.9 Å². The van der Waals surface area contributed by atoms with Gasteiger partial charge in [-0.25, -0.2) is 0 Å². The van der Waals surface area contributed by atoms with Crippen LogP contribution in [0.2, 0.25) is 0 Å². The maximum Gasteiger partial charge on any atom is 0.387 e. The number of benzene rings is 2. The molecular formula is C24H22F2N2O6S2. The molecule has 190 valence electrons. The second-order valence-corrected chi connectivity index (χ2v) is 11.1. The van der Waals surface area contributed by atoms with Crippen molar-refractivity contribution in [2.24, 2.45) is 0 Å². The van der Waals surface area contributed by atoms with E-state index in [2.05, 4.69) is 9.46 Å². The Morgan fingerprint density at radius 2 is 1.94 bits per heavy atom. The van der Waals surface area contributed by atoms with Gasteiger partial charge in [0.25, 0.3) is 11.8 Å². The Labute approximate surface area is 211 Å². The van der Waals surface area contributed by atoms with Gasteiger partial charge in [0.2, 0.25) is 0 Å². The maximum atomic E-state index is 13.0. The fourth-order valence-corrected chi connectivity index (χ4v) is 5.09. The van der Waals surface area contributed by atoms with E-state index in [0.717, 1.165) is 0 Å². The van der Waals surface area contributed by atoms with Crippen LogP contribution in [0.15, 0.2) is 77.0 Å². The van der Waals surface area contributed by atoms with Crippen molar-refractivity contribution < 1.29 is 37.4 Å². The SMILES string of the molecule is CC1(O)C(=O)N(c2cccc(OC(F)F)c2)c2ccc(C(=O)NS3(C)C=COO3)cc21.c1ccsc1. The lowest BCUT2D eigenvalue weighted by molar-refractivity contribution is -0.133. The van der Waals surface area contributed by atoms with Crippen LogP contribution in [-0.4, -0.2) is 29.8 Å². The largest absolute Gasteiger partial charge is 0.435 e. The number of hydrogen-bond acceptors (Lipinski definition) is 7. The van der Waals surface area contributed by atoms with Gasteiger partial charge in [-0.3, -0.25) is 19.2 Å². The van der Waals surface area contributed by atoms with Crippen molar-refractivity contribution in [3.63, 3.8) is 0 Å². The van der Waals surface area contributed by atoms with Crippen molar-refractivity contribution in [2.45, 2.75) is 19.1 Å². The first-order valence-electron chi connectivity index (χ1n) is 10.5. The Hall–Kier alpha value is -3.45. The topological polar surface area (TPSA) is 97.3 Å². The number of thiophene rings is 1. The molecule has 0 saturated heterocycles. The quantitative estimate of drug-likeness (QED) is 0.427. The van der Waals surface area contributed by atoms with Gasteiger partial charge >= 0.3 is 6.61 Å². The summed E-state index contributed by atoms with van der Waals surface area (Å²) in [5, 5.41) is 16.6. The number of ether oxygens (including phenoxy) is 1. The molecular weight excluding hydrogens is 514 g/mol. The first-order chi connectivity index (χ1) is 17.1. The molecule has 0 bridgehead atoms. The molecule has 12 heteroatoms. The summed E-state index contributed by atoms with van der Waals surface area (Å²) in [6.45, 7) is -1.72. The van der Waals surface area contributed by atoms with Crippen LogP contribution >= 0.6 is 21.8 Å². The average molecular weight is 537 g/mol. The summed E-state index contributed by atoms with van der Waals surface area (Å²) >= 11 is 1.71. The van der Waals surface area contributed by atoms with E-state index < -0.39 is 34.5 Å². The minimum Gasteiger partial charge on any atom is -0.435 e. The van der Waals surface area contributed by atoms with Crippen LogP contribution in [0.5, 0.6) is 5.75 Å². The summed E-state index contributed by atoms with van der Waals surface area (Å²) in [4.78, 5) is 31.5. The number of carbonyl (C=O) groups excluding carboxylic acids is 2. The molecule has 2 atom stereocenters. The first kappa shape index (κ1) is 25.6. The fraction of sp³-hybridized carbons (Fsp3) is 0.167. The Morgan fingerprint density at radius 3 is 2.56 bits per heavy atom. The summed E-state index contributed by atoms with van der Waals surface area (Å²) in [7, 11) is -2.09. The van der Waals surface area contributed by atoms with Crippen LogP contribution in [-0.2, 0) is 19.6 Å². The number of nitrogens with one attached hydrogen (secondary N) is 1. The molecule has 0 fully saturated rings. The molecule has 2 aliphatic heterocycles. The summed E-state index contributed by atoms with van der Waals surface area (Å²) < 4.78 is 37.3. The van der Waals surface area contributed by atoms with E-state index >= 15 is 0 Å². The molecule has 0 aliphatic carbocycles. The summed E-state index contributed by atoms with van der Waals surface area (Å²) in [5.41, 5.74) is -0.988. The number of hydrogen-bond donors (Lipinski definition) is 2. The molecule has 1 aromatic heterocycles. The lowest BCUT2D eigenvalue weighted by Gasteiger charge is -2.25. The van der Waals surface area contributed by atoms with Crippen LogP contribution in [0.1, 0.15) is 22.8 Å². The van der Waals surface area contributed by atoms with Crippen LogP contribution < -0.4 is 14.4 Å². The third-order valence-corrected chi connectivity index (χ3v) is 7.43. The predicted octanol–water partition coefficient (Wildman–Crippen LogP) is 5.35. The first-order valence-corrected chi connectivity index (χ1v) is 13.4. The third-order valence-electron chi connectivity index (χ3n) is 5.22. The van der Waals surface area contributed by atoms with Gasteiger partial charge in [-0.15, -0.1) is 4.33 Å². The van der Waals surface area contributed by atoms with Gasteiger partial charge < -0.3 is 14.7 Å². The second-order valence-electron chi connectivity index (χ2n) is 7.89. The molecule has 2 aliphatic rings. The molecule has 3 heterocycles. The molecule has 3 aromatic rings. The lowest BCUT2D eigenvalue weighted by atomic mass is 9.96. The average Bonchev–Trinajstić information content (AvgIpc) is 3.57. The molecule has 36 heavy (non-hydrogen) atoms. The number of nitrogens with zero attached hydrogens (tertiary/aromatic N) is 1. The molecule has 0 spiro atoms. The Kier molecular flexibility index (Phi) is 7.31. The lowest BCUT2D eigenvalue weighted by Crippen LogP contribution is -2.35.